The minimum absolute atomic E-state index is 0.0705. The number of hydrogen-bond acceptors (Lipinski definition) is 3. The predicted molar refractivity (Wildman–Crippen MR) is 112 cm³/mol. The summed E-state index contributed by atoms with van der Waals surface area (Å²) >= 11 is 1.55. The lowest BCUT2D eigenvalue weighted by molar-refractivity contribution is -0.671. The van der Waals surface area contributed by atoms with Crippen molar-refractivity contribution < 1.29 is 4.57 Å². The van der Waals surface area contributed by atoms with Crippen LogP contribution in [-0.2, 0) is 13.6 Å². The predicted octanol–water partition coefficient (Wildman–Crippen LogP) is 1.85. The molecule has 0 atom stereocenters. The molecule has 0 saturated heterocycles. The molecule has 0 fully saturated rings. The third-order valence-corrected chi connectivity index (χ3v) is 5.97. The number of aryl methyl sites for hydroxylation is 1. The normalized spacial score (nSPS) is 16.0. The van der Waals surface area contributed by atoms with Crippen LogP contribution in [0.15, 0.2) is 59.7 Å². The topological polar surface area (TPSA) is 29.1 Å². The van der Waals surface area contributed by atoms with Crippen LogP contribution in [0, 0.1) is 0 Å². The van der Waals surface area contributed by atoms with Crippen LogP contribution in [0.5, 0.6) is 0 Å². The fraction of sp³-hybridized carbons (Fsp3) is 0.182. The van der Waals surface area contributed by atoms with Gasteiger partial charge >= 0.3 is 0 Å². The van der Waals surface area contributed by atoms with E-state index in [1.165, 1.54) is 5.56 Å². The van der Waals surface area contributed by atoms with Crippen LogP contribution in [0.2, 0.25) is 0 Å². The monoisotopic (exact) mass is 376 g/mol. The van der Waals surface area contributed by atoms with Gasteiger partial charge in [0.25, 0.3) is 5.56 Å². The quantitative estimate of drug-likeness (QED) is 0.639. The number of likely N-dealkylation sites (N-methyl/N-ethyl adjacent to an activating group) is 1. The summed E-state index contributed by atoms with van der Waals surface area (Å²) in [5, 5.41) is 0. The molecule has 27 heavy (non-hydrogen) atoms. The number of pyridine rings is 1. The highest BCUT2D eigenvalue weighted by molar-refractivity contribution is 7.07. The molecule has 0 amide bonds. The third kappa shape index (κ3) is 3.15. The number of hydrogen-bond donors (Lipinski definition) is 0. The van der Waals surface area contributed by atoms with E-state index in [0.29, 0.717) is 6.54 Å². The van der Waals surface area contributed by atoms with Gasteiger partial charge in [-0.1, -0.05) is 24.3 Å². The molecule has 0 saturated carbocycles. The average molecular weight is 377 g/mol. The van der Waals surface area contributed by atoms with Gasteiger partial charge in [0.15, 0.2) is 12.4 Å². The minimum atomic E-state index is 0.0705. The Bertz CT molecular complexity index is 1200. The van der Waals surface area contributed by atoms with Gasteiger partial charge in [-0.3, -0.25) is 9.36 Å². The highest BCUT2D eigenvalue weighted by Crippen LogP contribution is 2.29. The lowest BCUT2D eigenvalue weighted by Crippen LogP contribution is -2.35. The Morgan fingerprint density at radius 1 is 1.11 bits per heavy atom. The number of para-hydroxylation sites is 1. The number of anilines is 1. The van der Waals surface area contributed by atoms with Crippen LogP contribution in [0.3, 0.4) is 0 Å². The van der Waals surface area contributed by atoms with E-state index in [1.807, 2.05) is 60.8 Å². The van der Waals surface area contributed by atoms with Crippen LogP contribution in [-0.4, -0.2) is 11.6 Å². The van der Waals surface area contributed by atoms with Crippen molar-refractivity contribution in [1.29, 1.82) is 0 Å². The van der Waals surface area contributed by atoms with Gasteiger partial charge in [-0.2, -0.15) is 0 Å². The van der Waals surface area contributed by atoms with Crippen molar-refractivity contribution in [1.82, 2.24) is 4.57 Å². The molecule has 0 aliphatic carbocycles. The van der Waals surface area contributed by atoms with Crippen molar-refractivity contribution in [3.63, 3.8) is 0 Å². The zero-order valence-corrected chi connectivity index (χ0v) is 16.5. The van der Waals surface area contributed by atoms with E-state index in [9.17, 15) is 4.79 Å². The Morgan fingerprint density at radius 3 is 2.59 bits per heavy atom. The van der Waals surface area contributed by atoms with E-state index in [2.05, 4.69) is 41.3 Å². The van der Waals surface area contributed by atoms with Crippen molar-refractivity contribution in [3.05, 3.63) is 85.5 Å². The minimum Gasteiger partial charge on any atom is -0.343 e. The van der Waals surface area contributed by atoms with Crippen LogP contribution in [0.1, 0.15) is 18.1 Å². The molecule has 1 aliphatic rings. The molecule has 4 nitrogen and oxygen atoms in total. The second-order valence-electron chi connectivity index (χ2n) is 6.60. The van der Waals surface area contributed by atoms with E-state index in [0.717, 1.165) is 26.1 Å². The van der Waals surface area contributed by atoms with E-state index >= 15 is 0 Å². The summed E-state index contributed by atoms with van der Waals surface area (Å²) in [6, 6.07) is 12.3. The smallest absolute Gasteiger partial charge is 0.271 e. The van der Waals surface area contributed by atoms with Gasteiger partial charge < -0.3 is 4.90 Å². The molecule has 0 N–H and O–H groups in total. The van der Waals surface area contributed by atoms with Crippen LogP contribution < -0.4 is 24.2 Å². The van der Waals surface area contributed by atoms with Gasteiger partial charge in [-0.25, -0.2) is 4.57 Å². The Balaban J connectivity index is 1.93. The first-order valence-electron chi connectivity index (χ1n) is 9.00. The molecule has 0 bridgehead atoms. The fourth-order valence-corrected chi connectivity index (χ4v) is 4.55. The lowest BCUT2D eigenvalue weighted by Gasteiger charge is -2.25. The molecular weight excluding hydrogens is 354 g/mol. The van der Waals surface area contributed by atoms with Crippen molar-refractivity contribution in [3.8, 4) is 0 Å². The highest BCUT2D eigenvalue weighted by atomic mass is 32.1. The van der Waals surface area contributed by atoms with E-state index in [4.69, 9.17) is 0 Å². The molecule has 3 aromatic rings. The first-order chi connectivity index (χ1) is 13.1. The highest BCUT2D eigenvalue weighted by Gasteiger charge is 2.16. The van der Waals surface area contributed by atoms with E-state index in [1.54, 1.807) is 11.3 Å². The maximum Gasteiger partial charge on any atom is 0.271 e. The van der Waals surface area contributed by atoms with E-state index in [-0.39, 0.29) is 5.56 Å². The summed E-state index contributed by atoms with van der Waals surface area (Å²) in [6.45, 7) is 2.67. The lowest BCUT2D eigenvalue weighted by atomic mass is 10.1. The summed E-state index contributed by atoms with van der Waals surface area (Å²) < 4.78 is 5.60. The third-order valence-electron chi connectivity index (χ3n) is 4.84. The van der Waals surface area contributed by atoms with Gasteiger partial charge in [-0.05, 0) is 36.3 Å². The largest absolute Gasteiger partial charge is 0.343 e. The Hall–Kier alpha value is -2.92. The standard InChI is InChI=1S/C22H22N3OS/c1-4-25-20(15-16-11-13-23(2)14-12-16)27-21(22(25)26)19-10-9-17-7-5-6-8-18(17)24(19)3/h5-15H,4H2,1-3H3/q+1. The van der Waals surface area contributed by atoms with Crippen molar-refractivity contribution >= 4 is 34.9 Å². The summed E-state index contributed by atoms with van der Waals surface area (Å²) in [7, 11) is 4.02. The summed E-state index contributed by atoms with van der Waals surface area (Å²) in [5.41, 5.74) is 4.39. The molecule has 2 aromatic heterocycles. The molecule has 1 aromatic carbocycles. The number of benzene rings is 1. The first kappa shape index (κ1) is 17.5. The summed E-state index contributed by atoms with van der Waals surface area (Å²) in [4.78, 5) is 15.2. The molecule has 136 valence electrons. The Morgan fingerprint density at radius 2 is 1.85 bits per heavy atom. The van der Waals surface area contributed by atoms with E-state index < -0.39 is 0 Å². The van der Waals surface area contributed by atoms with Gasteiger partial charge in [0.05, 0.1) is 10.4 Å². The molecule has 5 heteroatoms. The van der Waals surface area contributed by atoms with Gasteiger partial charge in [-0.15, -0.1) is 11.3 Å². The molecule has 0 unspecified atom stereocenters. The van der Waals surface area contributed by atoms with Crippen LogP contribution >= 0.6 is 11.3 Å². The molecule has 3 heterocycles. The van der Waals surface area contributed by atoms with Crippen molar-refractivity contribution in [2.24, 2.45) is 7.05 Å². The van der Waals surface area contributed by atoms with Crippen molar-refractivity contribution in [2.75, 3.05) is 11.9 Å². The maximum absolute atomic E-state index is 13.1. The number of rotatable bonds is 2. The van der Waals surface area contributed by atoms with Gasteiger partial charge in [0, 0.05) is 31.4 Å². The molecule has 1 aliphatic heterocycles. The summed E-state index contributed by atoms with van der Waals surface area (Å²) in [6.07, 6.45) is 10.2. The zero-order valence-electron chi connectivity index (χ0n) is 15.7. The number of fused-ring (bicyclic) bond motifs is 1. The van der Waals surface area contributed by atoms with Crippen LogP contribution in [0.4, 0.5) is 5.69 Å². The average Bonchev–Trinajstić information content (AvgIpc) is 2.99. The molecule has 0 radical (unpaired) electrons. The van der Waals surface area contributed by atoms with Gasteiger partial charge in [0.1, 0.15) is 11.6 Å². The molecular formula is C22H22N3OS+. The van der Waals surface area contributed by atoms with Gasteiger partial charge in [0.2, 0.25) is 0 Å². The van der Waals surface area contributed by atoms with Crippen molar-refractivity contribution in [2.45, 2.75) is 13.5 Å². The number of thiazole rings is 1. The number of aromatic nitrogens is 2. The zero-order chi connectivity index (χ0) is 19.0. The number of nitrogens with zero attached hydrogens (tertiary/aromatic N) is 3. The van der Waals surface area contributed by atoms with Crippen LogP contribution in [0.25, 0.3) is 17.8 Å². The summed E-state index contributed by atoms with van der Waals surface area (Å²) in [5.74, 6) is 0. The second kappa shape index (κ2) is 7.00. The maximum atomic E-state index is 13.1. The second-order valence-corrected chi connectivity index (χ2v) is 7.63. The first-order valence-corrected chi connectivity index (χ1v) is 9.82. The molecule has 4 rings (SSSR count). The Kier molecular flexibility index (Phi) is 4.54. The SMILES string of the molecule is CCn1c(=Cc2cc[n+](C)cc2)sc(=C2C=Cc3ccccc3N2C)c1=O. The molecule has 0 spiro atoms. The Labute approximate surface area is 162 Å². The fourth-order valence-electron chi connectivity index (χ4n) is 3.32.